The molecule has 1 amide bonds. The van der Waals surface area contributed by atoms with Gasteiger partial charge in [-0.15, -0.1) is 0 Å². The first kappa shape index (κ1) is 27.5. The maximum Gasteiger partial charge on any atom is 0.418 e. The highest BCUT2D eigenvalue weighted by Gasteiger charge is 2.35. The number of amides is 1. The van der Waals surface area contributed by atoms with Gasteiger partial charge in [0.1, 0.15) is 23.0 Å². The number of rotatable bonds is 9. The smallest absolute Gasteiger partial charge is 0.418 e. The molecule has 0 aliphatic carbocycles. The van der Waals surface area contributed by atoms with Crippen molar-refractivity contribution >= 4 is 34.1 Å². The third-order valence-electron chi connectivity index (χ3n) is 6.42. The molecular weight excluding hydrogens is 508 g/mol. The highest BCUT2D eigenvalue weighted by atomic mass is 19.4. The number of H-pyrrole nitrogens is 1. The molecule has 1 aliphatic heterocycles. The number of aromatic amines is 1. The minimum absolute atomic E-state index is 0.0178. The number of nitrogens with one attached hydrogen (secondary N) is 4. The summed E-state index contributed by atoms with van der Waals surface area (Å²) in [6, 6.07) is 3.72. The van der Waals surface area contributed by atoms with Crippen molar-refractivity contribution in [3.8, 4) is 5.75 Å². The second-order valence-electron chi connectivity index (χ2n) is 9.11. The van der Waals surface area contributed by atoms with Gasteiger partial charge in [0.05, 0.1) is 35.9 Å². The third-order valence-corrected chi connectivity index (χ3v) is 6.42. The minimum Gasteiger partial charge on any atom is -0.495 e. The van der Waals surface area contributed by atoms with Crippen LogP contribution in [0.25, 0.3) is 11.0 Å². The van der Waals surface area contributed by atoms with Crippen LogP contribution in [0.4, 0.5) is 34.8 Å². The number of alkyl halides is 3. The number of nitrogens with zero attached hydrogens (tertiary/aromatic N) is 2. The Kier molecular flexibility index (Phi) is 8.26. The van der Waals surface area contributed by atoms with Crippen molar-refractivity contribution in [1.29, 1.82) is 0 Å². The van der Waals surface area contributed by atoms with E-state index in [9.17, 15) is 18.0 Å². The summed E-state index contributed by atoms with van der Waals surface area (Å²) in [7, 11) is 4.85. The number of likely N-dealkylation sites (tertiary alicyclic amines) is 1. The standard InChI is InChI=1S/C25H30F4N6O3/c1-35-7-4-14(5-8-35)32-24(36)15-10-20(38-3)18(11-17(15)26)33-21-12-19(30-6-9-37-2)22-16(25(27,28)29)13-31-23(22)34-21/h10-14H,4-9H2,1-3H3,(H,32,36)(H3,30,31,33,34). The van der Waals surface area contributed by atoms with Crippen LogP contribution in [0.15, 0.2) is 24.4 Å². The summed E-state index contributed by atoms with van der Waals surface area (Å²) in [5.41, 5.74) is -0.739. The minimum atomic E-state index is -4.59. The number of methoxy groups -OCH3 is 2. The molecule has 1 fully saturated rings. The first-order valence-electron chi connectivity index (χ1n) is 12.1. The molecule has 0 bridgehead atoms. The van der Waals surface area contributed by atoms with Crippen molar-refractivity contribution in [2.75, 3.05) is 58.1 Å². The summed E-state index contributed by atoms with van der Waals surface area (Å²) in [5.74, 6) is -1.03. The van der Waals surface area contributed by atoms with Gasteiger partial charge in [0, 0.05) is 43.7 Å². The van der Waals surface area contributed by atoms with Crippen LogP contribution in [-0.2, 0) is 10.9 Å². The summed E-state index contributed by atoms with van der Waals surface area (Å²) >= 11 is 0. The summed E-state index contributed by atoms with van der Waals surface area (Å²) < 4.78 is 66.1. The average molecular weight is 539 g/mol. The predicted molar refractivity (Wildman–Crippen MR) is 136 cm³/mol. The van der Waals surface area contributed by atoms with Crippen LogP contribution in [0.3, 0.4) is 0 Å². The molecule has 9 nitrogen and oxygen atoms in total. The average Bonchev–Trinajstić information content (AvgIpc) is 3.31. The number of ether oxygens (including phenoxy) is 2. The largest absolute Gasteiger partial charge is 0.495 e. The molecule has 0 unspecified atom stereocenters. The van der Waals surface area contributed by atoms with Crippen LogP contribution in [0.1, 0.15) is 28.8 Å². The Labute approximate surface area is 216 Å². The number of piperidine rings is 1. The van der Waals surface area contributed by atoms with Gasteiger partial charge in [0.2, 0.25) is 0 Å². The second-order valence-corrected chi connectivity index (χ2v) is 9.11. The maximum atomic E-state index is 15.1. The van der Waals surface area contributed by atoms with E-state index in [2.05, 4.69) is 30.8 Å². The van der Waals surface area contributed by atoms with Crippen molar-refractivity contribution in [3.63, 3.8) is 0 Å². The monoisotopic (exact) mass is 538 g/mol. The number of carbonyl (C=O) groups excluding carboxylic acids is 1. The molecule has 1 aromatic carbocycles. The van der Waals surface area contributed by atoms with Crippen LogP contribution in [0.2, 0.25) is 0 Å². The molecule has 0 radical (unpaired) electrons. The Morgan fingerprint density at radius 2 is 1.92 bits per heavy atom. The van der Waals surface area contributed by atoms with Gasteiger partial charge in [-0.1, -0.05) is 0 Å². The van der Waals surface area contributed by atoms with Crippen molar-refractivity contribution in [1.82, 2.24) is 20.2 Å². The Balaban J connectivity index is 1.62. The fraction of sp³-hybridized carbons (Fsp3) is 0.440. The molecule has 4 N–H and O–H groups in total. The molecule has 206 valence electrons. The fourth-order valence-electron chi connectivity index (χ4n) is 4.40. The van der Waals surface area contributed by atoms with Gasteiger partial charge >= 0.3 is 6.18 Å². The SMILES string of the molecule is COCCNc1cc(Nc2cc(F)c(C(=O)NC3CCN(C)CC3)cc2OC)nc2[nH]cc(C(F)(F)F)c12. The van der Waals surface area contributed by atoms with Crippen LogP contribution < -0.4 is 20.7 Å². The van der Waals surface area contributed by atoms with E-state index in [-0.39, 0.29) is 58.7 Å². The lowest BCUT2D eigenvalue weighted by molar-refractivity contribution is -0.136. The van der Waals surface area contributed by atoms with Gasteiger partial charge < -0.3 is 35.3 Å². The van der Waals surface area contributed by atoms with E-state index in [0.717, 1.165) is 38.2 Å². The van der Waals surface area contributed by atoms with Crippen LogP contribution >= 0.6 is 0 Å². The van der Waals surface area contributed by atoms with E-state index < -0.39 is 23.5 Å². The molecule has 3 heterocycles. The van der Waals surface area contributed by atoms with Crippen LogP contribution in [-0.4, -0.2) is 74.3 Å². The van der Waals surface area contributed by atoms with E-state index in [4.69, 9.17) is 9.47 Å². The Bertz CT molecular complexity index is 1290. The van der Waals surface area contributed by atoms with E-state index in [1.54, 1.807) is 0 Å². The summed E-state index contributed by atoms with van der Waals surface area (Å²) in [6.07, 6.45) is -2.21. The van der Waals surface area contributed by atoms with Gasteiger partial charge in [0.15, 0.2) is 0 Å². The molecule has 1 aliphatic rings. The molecule has 3 aromatic rings. The molecule has 0 spiro atoms. The fourth-order valence-corrected chi connectivity index (χ4v) is 4.40. The predicted octanol–water partition coefficient (Wildman–Crippen LogP) is 4.36. The lowest BCUT2D eigenvalue weighted by Gasteiger charge is -2.29. The summed E-state index contributed by atoms with van der Waals surface area (Å²) in [5, 5.41) is 8.58. The number of aromatic nitrogens is 2. The number of carbonyl (C=O) groups is 1. The zero-order valence-corrected chi connectivity index (χ0v) is 21.3. The lowest BCUT2D eigenvalue weighted by atomic mass is 10.0. The van der Waals surface area contributed by atoms with E-state index in [1.165, 1.54) is 26.4 Å². The highest BCUT2D eigenvalue weighted by molar-refractivity contribution is 5.97. The van der Waals surface area contributed by atoms with Gasteiger partial charge in [-0.25, -0.2) is 9.37 Å². The van der Waals surface area contributed by atoms with Gasteiger partial charge in [-0.2, -0.15) is 13.2 Å². The first-order valence-corrected chi connectivity index (χ1v) is 12.1. The number of halogens is 4. The zero-order valence-electron chi connectivity index (χ0n) is 21.3. The number of anilines is 3. The molecule has 0 atom stereocenters. The number of hydrogen-bond donors (Lipinski definition) is 4. The number of pyridine rings is 1. The Hall–Kier alpha value is -3.58. The molecule has 38 heavy (non-hydrogen) atoms. The zero-order chi connectivity index (χ0) is 27.4. The van der Waals surface area contributed by atoms with Crippen LogP contribution in [0.5, 0.6) is 5.75 Å². The highest BCUT2D eigenvalue weighted by Crippen LogP contribution is 2.39. The van der Waals surface area contributed by atoms with Gasteiger partial charge in [-0.05, 0) is 39.0 Å². The molecule has 4 rings (SSSR count). The van der Waals surface area contributed by atoms with Gasteiger partial charge in [0.25, 0.3) is 5.91 Å². The van der Waals surface area contributed by atoms with E-state index >= 15 is 4.39 Å². The molecule has 13 heteroatoms. The quantitative estimate of drug-likeness (QED) is 0.237. The molecule has 2 aromatic heterocycles. The molecule has 0 saturated carbocycles. The van der Waals surface area contributed by atoms with Gasteiger partial charge in [-0.3, -0.25) is 4.79 Å². The third kappa shape index (κ3) is 6.10. The first-order chi connectivity index (χ1) is 18.1. The number of benzene rings is 1. The normalized spacial score (nSPS) is 15.0. The van der Waals surface area contributed by atoms with Crippen molar-refractivity contribution < 1.29 is 31.8 Å². The molecular formula is C25H30F4N6O3. The van der Waals surface area contributed by atoms with Crippen molar-refractivity contribution in [2.24, 2.45) is 0 Å². The Morgan fingerprint density at radius 3 is 2.58 bits per heavy atom. The summed E-state index contributed by atoms with van der Waals surface area (Å²) in [4.78, 5) is 21.7. The maximum absolute atomic E-state index is 15.1. The van der Waals surface area contributed by atoms with Crippen LogP contribution in [0, 0.1) is 5.82 Å². The van der Waals surface area contributed by atoms with E-state index in [0.29, 0.717) is 0 Å². The van der Waals surface area contributed by atoms with Crippen molar-refractivity contribution in [2.45, 2.75) is 25.1 Å². The van der Waals surface area contributed by atoms with E-state index in [1.807, 2.05) is 7.05 Å². The number of fused-ring (bicyclic) bond motifs is 1. The topological polar surface area (TPSA) is 104 Å². The second kappa shape index (κ2) is 11.4. The molecule has 1 saturated heterocycles. The number of hydrogen-bond acceptors (Lipinski definition) is 7. The van der Waals surface area contributed by atoms with Crippen molar-refractivity contribution in [3.05, 3.63) is 41.3 Å². The lowest BCUT2D eigenvalue weighted by Crippen LogP contribution is -2.43. The Morgan fingerprint density at radius 1 is 1.18 bits per heavy atom. The summed E-state index contributed by atoms with van der Waals surface area (Å²) in [6.45, 7) is 2.18.